The molecule has 0 aliphatic heterocycles. The number of hydrogen-bond acceptors (Lipinski definition) is 4. The molecule has 0 aliphatic carbocycles. The van der Waals surface area contributed by atoms with E-state index in [2.05, 4.69) is 4.72 Å². The zero-order chi connectivity index (χ0) is 14.9. The fraction of sp³-hybridized carbons (Fsp3) is 0.167. The van der Waals surface area contributed by atoms with E-state index in [-0.39, 0.29) is 14.9 Å². The number of aryl methyl sites for hydroxylation is 1. The lowest BCUT2D eigenvalue weighted by molar-refractivity contribution is 0.603. The second-order valence-electron chi connectivity index (χ2n) is 4.11. The number of sulfonamides is 1. The van der Waals surface area contributed by atoms with Crippen LogP contribution in [0.5, 0.6) is 0 Å². The van der Waals surface area contributed by atoms with Crippen LogP contribution in [0.15, 0.2) is 28.5 Å². The van der Waals surface area contributed by atoms with Gasteiger partial charge >= 0.3 is 0 Å². The van der Waals surface area contributed by atoms with Crippen molar-refractivity contribution in [2.75, 3.05) is 4.72 Å². The number of halogens is 2. The van der Waals surface area contributed by atoms with Gasteiger partial charge in [-0.2, -0.15) is 0 Å². The minimum absolute atomic E-state index is 0.210. The van der Waals surface area contributed by atoms with E-state index >= 15 is 0 Å². The Bertz CT molecular complexity index is 742. The first-order chi connectivity index (χ1) is 9.33. The van der Waals surface area contributed by atoms with Gasteiger partial charge < -0.3 is 5.73 Å². The van der Waals surface area contributed by atoms with Crippen molar-refractivity contribution >= 4 is 50.2 Å². The van der Waals surface area contributed by atoms with Crippen molar-refractivity contribution < 1.29 is 8.42 Å². The van der Waals surface area contributed by atoms with Crippen LogP contribution in [0.25, 0.3) is 0 Å². The van der Waals surface area contributed by atoms with Gasteiger partial charge in [-0.25, -0.2) is 8.42 Å². The van der Waals surface area contributed by atoms with Gasteiger partial charge in [-0.15, -0.1) is 11.3 Å². The van der Waals surface area contributed by atoms with Crippen LogP contribution in [0.1, 0.15) is 10.4 Å². The summed E-state index contributed by atoms with van der Waals surface area (Å²) >= 11 is 12.9. The van der Waals surface area contributed by atoms with Gasteiger partial charge in [-0.1, -0.05) is 23.2 Å². The monoisotopic (exact) mass is 350 g/mol. The van der Waals surface area contributed by atoms with Crippen molar-refractivity contribution in [3.63, 3.8) is 0 Å². The van der Waals surface area contributed by atoms with Crippen LogP contribution in [0, 0.1) is 6.92 Å². The molecule has 0 saturated heterocycles. The van der Waals surface area contributed by atoms with E-state index in [9.17, 15) is 8.42 Å². The van der Waals surface area contributed by atoms with Gasteiger partial charge in [-0.3, -0.25) is 4.72 Å². The Morgan fingerprint density at radius 2 is 2.00 bits per heavy atom. The van der Waals surface area contributed by atoms with Gasteiger partial charge in [0.2, 0.25) is 0 Å². The summed E-state index contributed by atoms with van der Waals surface area (Å²) in [5.41, 5.74) is 6.71. The van der Waals surface area contributed by atoms with Crippen molar-refractivity contribution in [2.45, 2.75) is 17.7 Å². The molecule has 20 heavy (non-hydrogen) atoms. The number of rotatable bonds is 4. The van der Waals surface area contributed by atoms with E-state index in [0.29, 0.717) is 11.6 Å². The molecule has 4 nitrogen and oxygen atoms in total. The molecule has 0 bridgehead atoms. The van der Waals surface area contributed by atoms with Gasteiger partial charge in [0.15, 0.2) is 0 Å². The molecule has 2 rings (SSSR count). The lowest BCUT2D eigenvalue weighted by Crippen LogP contribution is -2.11. The quantitative estimate of drug-likeness (QED) is 0.884. The summed E-state index contributed by atoms with van der Waals surface area (Å²) < 4.78 is 27.2. The average Bonchev–Trinajstić information content (AvgIpc) is 2.75. The zero-order valence-corrected chi connectivity index (χ0v) is 13.6. The maximum Gasteiger partial charge on any atom is 0.271 e. The first-order valence-electron chi connectivity index (χ1n) is 5.60. The molecule has 8 heteroatoms. The Labute approximate surface area is 131 Å². The molecule has 0 saturated carbocycles. The van der Waals surface area contributed by atoms with Crippen molar-refractivity contribution in [3.05, 3.63) is 44.8 Å². The molecular weight excluding hydrogens is 339 g/mol. The van der Waals surface area contributed by atoms with Crippen LogP contribution in [0.4, 0.5) is 5.69 Å². The summed E-state index contributed by atoms with van der Waals surface area (Å²) in [4.78, 5) is 0.840. The number of nitrogens with two attached hydrogens (primary N) is 1. The first-order valence-corrected chi connectivity index (χ1v) is 8.66. The van der Waals surface area contributed by atoms with E-state index in [1.165, 1.54) is 12.1 Å². The Balaban J connectivity index is 2.35. The highest BCUT2D eigenvalue weighted by Crippen LogP contribution is 2.30. The average molecular weight is 351 g/mol. The molecule has 1 aromatic heterocycles. The second-order valence-corrected chi connectivity index (χ2v) is 8.00. The first kappa shape index (κ1) is 15.6. The van der Waals surface area contributed by atoms with Crippen LogP contribution >= 0.6 is 34.5 Å². The molecule has 0 amide bonds. The van der Waals surface area contributed by atoms with Crippen LogP contribution in [0.2, 0.25) is 10.0 Å². The second kappa shape index (κ2) is 5.91. The van der Waals surface area contributed by atoms with E-state index in [0.717, 1.165) is 21.8 Å². The van der Waals surface area contributed by atoms with Crippen molar-refractivity contribution in [3.8, 4) is 0 Å². The minimum Gasteiger partial charge on any atom is -0.326 e. The topological polar surface area (TPSA) is 72.2 Å². The van der Waals surface area contributed by atoms with Crippen LogP contribution in [-0.4, -0.2) is 8.42 Å². The molecule has 0 spiro atoms. The lowest BCUT2D eigenvalue weighted by Gasteiger charge is -2.08. The zero-order valence-electron chi connectivity index (χ0n) is 10.5. The van der Waals surface area contributed by atoms with Crippen molar-refractivity contribution in [1.29, 1.82) is 0 Å². The Hall–Kier alpha value is -0.790. The molecule has 0 radical (unpaired) electrons. The number of hydrogen-bond donors (Lipinski definition) is 2. The van der Waals surface area contributed by atoms with E-state index in [1.807, 2.05) is 6.92 Å². The summed E-state index contributed by atoms with van der Waals surface area (Å²) in [6, 6.07) is 6.16. The molecule has 0 fully saturated rings. The SMILES string of the molecule is Cc1cc(S(=O)(=O)Nc2ccc(Cl)cc2Cl)sc1CN. The normalized spacial score (nSPS) is 11.6. The van der Waals surface area contributed by atoms with Gasteiger partial charge in [0.25, 0.3) is 10.0 Å². The van der Waals surface area contributed by atoms with Crippen LogP contribution in [-0.2, 0) is 16.6 Å². The fourth-order valence-corrected chi connectivity index (χ4v) is 4.65. The van der Waals surface area contributed by atoms with Gasteiger partial charge in [0.1, 0.15) is 4.21 Å². The van der Waals surface area contributed by atoms with Crippen molar-refractivity contribution in [1.82, 2.24) is 0 Å². The van der Waals surface area contributed by atoms with Crippen molar-refractivity contribution in [2.24, 2.45) is 5.73 Å². The summed E-state index contributed by atoms with van der Waals surface area (Å²) in [5, 5.41) is 0.684. The number of nitrogens with one attached hydrogen (secondary N) is 1. The predicted octanol–water partition coefficient (Wildman–Crippen LogP) is 3.62. The summed E-state index contributed by atoms with van der Waals surface area (Å²) in [7, 11) is -3.68. The molecule has 3 N–H and O–H groups in total. The third-order valence-electron chi connectivity index (χ3n) is 2.62. The molecule has 108 valence electrons. The minimum atomic E-state index is -3.68. The highest BCUT2D eigenvalue weighted by molar-refractivity contribution is 7.94. The van der Waals surface area contributed by atoms with E-state index < -0.39 is 10.0 Å². The molecule has 2 aromatic rings. The Morgan fingerprint density at radius 3 is 2.55 bits per heavy atom. The molecule has 0 atom stereocenters. The standard InChI is InChI=1S/C12H12Cl2N2O2S2/c1-7-4-12(19-11(7)6-15)20(17,18)16-10-3-2-8(13)5-9(10)14/h2-5,16H,6,15H2,1H3. The number of anilines is 1. The number of thiophene rings is 1. The van der Waals surface area contributed by atoms with E-state index in [1.54, 1.807) is 12.1 Å². The molecule has 0 unspecified atom stereocenters. The highest BCUT2D eigenvalue weighted by atomic mass is 35.5. The van der Waals surface area contributed by atoms with Gasteiger partial charge in [0, 0.05) is 16.4 Å². The maximum absolute atomic E-state index is 12.3. The van der Waals surface area contributed by atoms with Gasteiger partial charge in [0.05, 0.1) is 10.7 Å². The van der Waals surface area contributed by atoms with E-state index in [4.69, 9.17) is 28.9 Å². The van der Waals surface area contributed by atoms with Gasteiger partial charge in [-0.05, 0) is 36.8 Å². The fourth-order valence-electron chi connectivity index (χ4n) is 1.59. The highest BCUT2D eigenvalue weighted by Gasteiger charge is 2.19. The summed E-state index contributed by atoms with van der Waals surface area (Å²) in [5.74, 6) is 0. The number of benzene rings is 1. The third kappa shape index (κ3) is 3.27. The predicted molar refractivity (Wildman–Crippen MR) is 84.2 cm³/mol. The molecule has 1 heterocycles. The maximum atomic E-state index is 12.3. The smallest absolute Gasteiger partial charge is 0.271 e. The van der Waals surface area contributed by atoms with Crippen LogP contribution in [0.3, 0.4) is 0 Å². The third-order valence-corrected chi connectivity index (χ3v) is 6.27. The lowest BCUT2D eigenvalue weighted by atomic mass is 10.3. The largest absolute Gasteiger partial charge is 0.326 e. The summed E-state index contributed by atoms with van der Waals surface area (Å²) in [6.07, 6.45) is 0. The summed E-state index contributed by atoms with van der Waals surface area (Å²) in [6.45, 7) is 2.14. The Morgan fingerprint density at radius 1 is 1.30 bits per heavy atom. The molecule has 1 aromatic carbocycles. The van der Waals surface area contributed by atoms with Crippen LogP contribution < -0.4 is 10.5 Å². The molecular formula is C12H12Cl2N2O2S2. The molecule has 0 aliphatic rings. The Kier molecular flexibility index (Phi) is 4.61.